The number of carbonyl (C=O) groups excluding carboxylic acids is 2. The molecule has 200 valence electrons. The topological polar surface area (TPSA) is 96.9 Å². The van der Waals surface area contributed by atoms with E-state index in [4.69, 9.17) is 9.47 Å². The number of carbonyl (C=O) groups is 2. The molecule has 12 heteroatoms. The van der Waals surface area contributed by atoms with E-state index in [1.165, 1.54) is 25.4 Å². The van der Waals surface area contributed by atoms with Crippen LogP contribution in [0.25, 0.3) is 0 Å². The van der Waals surface area contributed by atoms with E-state index in [-0.39, 0.29) is 24.6 Å². The van der Waals surface area contributed by atoms with Gasteiger partial charge in [0, 0.05) is 38.9 Å². The van der Waals surface area contributed by atoms with Gasteiger partial charge in [0.05, 0.1) is 12.7 Å². The molecule has 1 fully saturated rings. The van der Waals surface area contributed by atoms with Gasteiger partial charge in [-0.05, 0) is 23.3 Å². The molecule has 1 aromatic heterocycles. The van der Waals surface area contributed by atoms with Crippen LogP contribution in [-0.4, -0.2) is 60.2 Å². The lowest BCUT2D eigenvalue weighted by Crippen LogP contribution is -2.49. The van der Waals surface area contributed by atoms with Gasteiger partial charge in [0.1, 0.15) is 12.2 Å². The first-order chi connectivity index (χ1) is 18.2. The minimum absolute atomic E-state index is 0.0289. The number of rotatable bonds is 7. The number of ether oxygens (including phenoxy) is 2. The highest BCUT2D eigenvalue weighted by molar-refractivity contribution is 5.96. The number of nitrogens with zero attached hydrogens (tertiary/aromatic N) is 4. The van der Waals surface area contributed by atoms with Gasteiger partial charge >= 0.3 is 12.3 Å². The Balaban J connectivity index is 1.32. The number of hydrogen-bond donors (Lipinski definition) is 1. The molecule has 2 heterocycles. The van der Waals surface area contributed by atoms with Crippen LogP contribution in [0.5, 0.6) is 5.88 Å². The van der Waals surface area contributed by atoms with Crippen LogP contribution in [0, 0.1) is 0 Å². The van der Waals surface area contributed by atoms with E-state index in [0.717, 1.165) is 17.7 Å². The molecule has 38 heavy (non-hydrogen) atoms. The van der Waals surface area contributed by atoms with E-state index in [1.807, 2.05) is 35.2 Å². The first-order valence-electron chi connectivity index (χ1n) is 11.8. The number of nitrogens with one attached hydrogen (secondary N) is 1. The molecule has 1 N–H and O–H groups in total. The van der Waals surface area contributed by atoms with Gasteiger partial charge in [-0.1, -0.05) is 42.5 Å². The van der Waals surface area contributed by atoms with Gasteiger partial charge in [-0.2, -0.15) is 18.2 Å². The van der Waals surface area contributed by atoms with Crippen LogP contribution in [0.3, 0.4) is 0 Å². The Hall–Kier alpha value is -4.35. The summed E-state index contributed by atoms with van der Waals surface area (Å²) in [4.78, 5) is 37.1. The first-order valence-corrected chi connectivity index (χ1v) is 11.8. The maximum absolute atomic E-state index is 12.9. The van der Waals surface area contributed by atoms with E-state index < -0.39 is 23.7 Å². The van der Waals surface area contributed by atoms with Gasteiger partial charge in [-0.15, -0.1) is 0 Å². The molecule has 4 rings (SSSR count). The molecule has 0 aliphatic carbocycles. The summed E-state index contributed by atoms with van der Waals surface area (Å²) < 4.78 is 49.5. The van der Waals surface area contributed by atoms with Gasteiger partial charge in [0.25, 0.3) is 5.91 Å². The second-order valence-corrected chi connectivity index (χ2v) is 8.49. The summed E-state index contributed by atoms with van der Waals surface area (Å²) in [6.45, 7) is 1.78. The molecule has 2 aromatic carbocycles. The molecule has 3 aromatic rings. The third-order valence-electron chi connectivity index (χ3n) is 5.91. The van der Waals surface area contributed by atoms with Crippen molar-refractivity contribution in [2.45, 2.75) is 19.3 Å². The number of aromatic nitrogens is 2. The molecule has 1 aliphatic rings. The van der Waals surface area contributed by atoms with E-state index in [9.17, 15) is 22.8 Å². The van der Waals surface area contributed by atoms with Crippen molar-refractivity contribution >= 4 is 17.9 Å². The fourth-order valence-corrected chi connectivity index (χ4v) is 3.86. The Morgan fingerprint density at radius 1 is 1.00 bits per heavy atom. The third-order valence-corrected chi connectivity index (χ3v) is 5.91. The number of alkyl halides is 3. The second kappa shape index (κ2) is 11.8. The smallest absolute Gasteiger partial charge is 0.416 e. The predicted molar refractivity (Wildman–Crippen MR) is 132 cm³/mol. The van der Waals surface area contributed by atoms with E-state index in [1.54, 1.807) is 4.90 Å². The predicted octanol–water partition coefficient (Wildman–Crippen LogP) is 3.89. The van der Waals surface area contributed by atoms with Crippen molar-refractivity contribution in [2.75, 3.05) is 38.2 Å². The molecule has 0 saturated carbocycles. The van der Waals surface area contributed by atoms with Crippen molar-refractivity contribution in [3.63, 3.8) is 0 Å². The lowest BCUT2D eigenvalue weighted by molar-refractivity contribution is -0.137. The summed E-state index contributed by atoms with van der Waals surface area (Å²) in [6.07, 6.45) is -3.57. The number of methoxy groups -OCH3 is 1. The van der Waals surface area contributed by atoms with Crippen molar-refractivity contribution in [2.24, 2.45) is 0 Å². The number of amides is 2. The SMILES string of the molecule is COc1nc(N2CCN(C(=O)OCc3ccccc3)CC2)ncc1C(=O)NCc1cccc(C(F)(F)F)c1. The van der Waals surface area contributed by atoms with Crippen LogP contribution < -0.4 is 15.0 Å². The number of anilines is 1. The summed E-state index contributed by atoms with van der Waals surface area (Å²) in [5.74, 6) is -0.230. The average Bonchev–Trinajstić information content (AvgIpc) is 2.94. The lowest BCUT2D eigenvalue weighted by atomic mass is 10.1. The number of piperazine rings is 1. The maximum Gasteiger partial charge on any atom is 0.416 e. The highest BCUT2D eigenvalue weighted by Gasteiger charge is 2.30. The minimum Gasteiger partial charge on any atom is -0.480 e. The van der Waals surface area contributed by atoms with Crippen molar-refractivity contribution in [1.82, 2.24) is 20.2 Å². The molecule has 0 atom stereocenters. The molecule has 1 saturated heterocycles. The molecule has 0 radical (unpaired) electrons. The quantitative estimate of drug-likeness (QED) is 0.496. The molecular weight excluding hydrogens is 503 g/mol. The fourth-order valence-electron chi connectivity index (χ4n) is 3.86. The maximum atomic E-state index is 12.9. The second-order valence-electron chi connectivity index (χ2n) is 8.49. The van der Waals surface area contributed by atoms with E-state index >= 15 is 0 Å². The zero-order chi connectivity index (χ0) is 27.1. The highest BCUT2D eigenvalue weighted by atomic mass is 19.4. The zero-order valence-electron chi connectivity index (χ0n) is 20.6. The van der Waals surface area contributed by atoms with Gasteiger partial charge < -0.3 is 24.6 Å². The third kappa shape index (κ3) is 6.69. The van der Waals surface area contributed by atoms with Crippen molar-refractivity contribution in [3.05, 3.63) is 83.0 Å². The zero-order valence-corrected chi connectivity index (χ0v) is 20.6. The summed E-state index contributed by atoms with van der Waals surface area (Å²) in [5.41, 5.74) is 0.453. The summed E-state index contributed by atoms with van der Waals surface area (Å²) >= 11 is 0. The molecule has 2 amide bonds. The van der Waals surface area contributed by atoms with Crippen LogP contribution in [0.4, 0.5) is 23.9 Å². The lowest BCUT2D eigenvalue weighted by Gasteiger charge is -2.34. The van der Waals surface area contributed by atoms with Crippen LogP contribution in [0.2, 0.25) is 0 Å². The Morgan fingerprint density at radius 2 is 1.71 bits per heavy atom. The van der Waals surface area contributed by atoms with Gasteiger partial charge in [0.2, 0.25) is 11.8 Å². The largest absolute Gasteiger partial charge is 0.480 e. The molecule has 1 aliphatic heterocycles. The van der Waals surface area contributed by atoms with Gasteiger partial charge in [-0.25, -0.2) is 9.78 Å². The molecule has 9 nitrogen and oxygen atoms in total. The highest BCUT2D eigenvalue weighted by Crippen LogP contribution is 2.29. The average molecular weight is 530 g/mol. The summed E-state index contributed by atoms with van der Waals surface area (Å²) in [5, 5.41) is 2.57. The Morgan fingerprint density at radius 3 is 2.39 bits per heavy atom. The van der Waals surface area contributed by atoms with Crippen LogP contribution in [-0.2, 0) is 24.1 Å². The van der Waals surface area contributed by atoms with Crippen LogP contribution in [0.1, 0.15) is 27.0 Å². The van der Waals surface area contributed by atoms with Crippen molar-refractivity contribution < 1.29 is 32.2 Å². The Labute approximate surface area is 217 Å². The fraction of sp³-hybridized carbons (Fsp3) is 0.308. The van der Waals surface area contributed by atoms with Crippen molar-refractivity contribution in [1.29, 1.82) is 0 Å². The molecule has 0 spiro atoms. The van der Waals surface area contributed by atoms with E-state index in [0.29, 0.717) is 37.7 Å². The standard InChI is InChI=1S/C26H26F3N5O4/c1-37-23-21(22(35)30-15-19-8-5-9-20(14-19)26(27,28)29)16-31-24(32-23)33-10-12-34(13-11-33)25(36)38-17-18-6-3-2-4-7-18/h2-9,14,16H,10-13,15,17H2,1H3,(H,30,35). The van der Waals surface area contributed by atoms with Crippen LogP contribution in [0.15, 0.2) is 60.8 Å². The molecule has 0 bridgehead atoms. The van der Waals surface area contributed by atoms with E-state index in [2.05, 4.69) is 15.3 Å². The van der Waals surface area contributed by atoms with Crippen LogP contribution >= 0.6 is 0 Å². The normalized spacial score (nSPS) is 13.7. The number of benzene rings is 2. The van der Waals surface area contributed by atoms with Gasteiger partial charge in [-0.3, -0.25) is 4.79 Å². The monoisotopic (exact) mass is 529 g/mol. The summed E-state index contributed by atoms with van der Waals surface area (Å²) in [7, 11) is 1.36. The summed E-state index contributed by atoms with van der Waals surface area (Å²) in [6, 6.07) is 14.1. The molecular formula is C26H26F3N5O4. The number of halogens is 3. The number of hydrogen-bond acceptors (Lipinski definition) is 7. The van der Waals surface area contributed by atoms with Crippen molar-refractivity contribution in [3.8, 4) is 5.88 Å². The Bertz CT molecular complexity index is 1270. The molecule has 0 unspecified atom stereocenters. The van der Waals surface area contributed by atoms with Gasteiger partial charge in [0.15, 0.2) is 0 Å². The minimum atomic E-state index is -4.47. The Kier molecular flexibility index (Phi) is 8.29. The first kappa shape index (κ1) is 26.7.